The van der Waals surface area contributed by atoms with Gasteiger partial charge in [0.25, 0.3) is 0 Å². The van der Waals surface area contributed by atoms with Crippen LogP contribution in [-0.4, -0.2) is 44.1 Å². The predicted molar refractivity (Wildman–Crippen MR) is 161 cm³/mol. The number of amides is 1. The number of ether oxygens (including phenoxy) is 1. The van der Waals surface area contributed by atoms with E-state index in [1.165, 1.54) is 6.07 Å². The molecule has 1 amide bonds. The summed E-state index contributed by atoms with van der Waals surface area (Å²) >= 11 is 0. The van der Waals surface area contributed by atoms with Crippen molar-refractivity contribution in [2.75, 3.05) is 35.3 Å². The van der Waals surface area contributed by atoms with Crippen LogP contribution in [0.2, 0.25) is 0 Å². The first-order valence-electron chi connectivity index (χ1n) is 13.7. The molecule has 5 aromatic rings. The Kier molecular flexibility index (Phi) is 7.63. The van der Waals surface area contributed by atoms with Crippen molar-refractivity contribution in [3.05, 3.63) is 83.9 Å². The molecule has 0 aliphatic heterocycles. The number of nitrogens with zero attached hydrogens (tertiary/aromatic N) is 6. The minimum Gasteiger partial charge on any atom is -0.497 e. The number of aromatic nitrogens is 5. The van der Waals surface area contributed by atoms with Crippen molar-refractivity contribution in [2.24, 2.45) is 5.92 Å². The summed E-state index contributed by atoms with van der Waals surface area (Å²) in [6, 6.07) is 11.2. The Labute approximate surface area is 250 Å². The SMILES string of the molecule is COc1ccc(CN(CC(=O)Nc2c(N)ccc(F)c2F)c2cc(-c3cnc(N)nc3)nn3c(C#CC4CC4)cnc23)cc1. The highest BCUT2D eigenvalue weighted by Gasteiger charge is 2.23. The predicted octanol–water partition coefficient (Wildman–Crippen LogP) is 4.04. The first kappa shape index (κ1) is 28.4. The van der Waals surface area contributed by atoms with E-state index in [0.29, 0.717) is 40.0 Å². The molecule has 0 bridgehead atoms. The number of carbonyl (C=O) groups is 1. The molecular formula is C31H27F2N9O2. The number of nitrogen functional groups attached to an aromatic ring is 2. The van der Waals surface area contributed by atoms with Gasteiger partial charge in [-0.25, -0.2) is 28.2 Å². The third-order valence-corrected chi connectivity index (χ3v) is 7.00. The zero-order valence-corrected chi connectivity index (χ0v) is 23.6. The number of nitrogens with two attached hydrogens (primary N) is 2. The van der Waals surface area contributed by atoms with Gasteiger partial charge in [-0.15, -0.1) is 0 Å². The maximum absolute atomic E-state index is 14.6. The lowest BCUT2D eigenvalue weighted by atomic mass is 10.1. The number of methoxy groups -OCH3 is 1. The molecule has 6 rings (SSSR count). The Balaban J connectivity index is 1.45. The second-order valence-corrected chi connectivity index (χ2v) is 10.2. The summed E-state index contributed by atoms with van der Waals surface area (Å²) in [6.07, 6.45) is 6.82. The average molecular weight is 596 g/mol. The normalized spacial score (nSPS) is 12.4. The monoisotopic (exact) mass is 595 g/mol. The summed E-state index contributed by atoms with van der Waals surface area (Å²) in [5.41, 5.74) is 14.4. The fourth-order valence-corrected chi connectivity index (χ4v) is 4.51. The minimum atomic E-state index is -1.25. The van der Waals surface area contributed by atoms with Crippen molar-refractivity contribution in [1.82, 2.24) is 24.6 Å². The van der Waals surface area contributed by atoms with E-state index in [2.05, 4.69) is 32.1 Å². The fourth-order valence-electron chi connectivity index (χ4n) is 4.51. The zero-order chi connectivity index (χ0) is 30.8. The quantitative estimate of drug-likeness (QED) is 0.178. The van der Waals surface area contributed by atoms with Gasteiger partial charge in [-0.05, 0) is 54.7 Å². The van der Waals surface area contributed by atoms with Crippen LogP contribution in [0.25, 0.3) is 16.9 Å². The summed E-state index contributed by atoms with van der Waals surface area (Å²) in [4.78, 5) is 28.0. The van der Waals surface area contributed by atoms with Gasteiger partial charge in [0, 0.05) is 30.4 Å². The van der Waals surface area contributed by atoms with Crippen LogP contribution in [0.15, 0.2) is 61.1 Å². The highest BCUT2D eigenvalue weighted by molar-refractivity contribution is 5.97. The van der Waals surface area contributed by atoms with E-state index < -0.39 is 23.2 Å². The van der Waals surface area contributed by atoms with E-state index >= 15 is 0 Å². The number of fused-ring (bicyclic) bond motifs is 1. The maximum Gasteiger partial charge on any atom is 0.244 e. The third-order valence-electron chi connectivity index (χ3n) is 7.00. The summed E-state index contributed by atoms with van der Waals surface area (Å²) in [6.45, 7) is -0.0550. The summed E-state index contributed by atoms with van der Waals surface area (Å²) in [5, 5.41) is 7.19. The Hall–Kier alpha value is -5.77. The second kappa shape index (κ2) is 11.8. The Bertz CT molecular complexity index is 1910. The molecule has 5 N–H and O–H groups in total. The molecule has 0 unspecified atom stereocenters. The Morgan fingerprint density at radius 1 is 1.09 bits per heavy atom. The van der Waals surface area contributed by atoms with Crippen LogP contribution < -0.4 is 26.4 Å². The molecule has 3 aromatic heterocycles. The fraction of sp³-hybridized carbons (Fsp3) is 0.194. The van der Waals surface area contributed by atoms with Gasteiger partial charge in [0.2, 0.25) is 11.9 Å². The van der Waals surface area contributed by atoms with Gasteiger partial charge in [0.1, 0.15) is 17.1 Å². The van der Waals surface area contributed by atoms with Crippen LogP contribution in [0.5, 0.6) is 5.75 Å². The number of rotatable bonds is 8. The molecule has 0 atom stereocenters. The second-order valence-electron chi connectivity index (χ2n) is 10.2. The highest BCUT2D eigenvalue weighted by Crippen LogP contribution is 2.31. The molecule has 2 aromatic carbocycles. The Morgan fingerprint density at radius 2 is 1.84 bits per heavy atom. The molecule has 1 aliphatic rings. The number of benzene rings is 2. The van der Waals surface area contributed by atoms with E-state index in [9.17, 15) is 13.6 Å². The van der Waals surface area contributed by atoms with Crippen LogP contribution in [0.4, 0.5) is 31.8 Å². The lowest BCUT2D eigenvalue weighted by Gasteiger charge is -2.25. The van der Waals surface area contributed by atoms with Gasteiger partial charge in [-0.3, -0.25) is 4.79 Å². The number of nitrogens with one attached hydrogen (secondary N) is 1. The van der Waals surface area contributed by atoms with E-state index in [1.54, 1.807) is 53.3 Å². The number of imidazole rings is 1. The number of carbonyl (C=O) groups excluding carboxylic acids is 1. The van der Waals surface area contributed by atoms with Crippen molar-refractivity contribution >= 4 is 34.6 Å². The van der Waals surface area contributed by atoms with Crippen molar-refractivity contribution in [3.63, 3.8) is 0 Å². The standard InChI is InChI=1S/C31H27F2N9O2/c1-44-22-8-5-19(6-9-22)16-41(17-27(43)39-29-24(34)11-10-23(32)28(29)33)26-12-25(20-13-37-31(35)38-14-20)40-42-21(15-36-30(26)42)7-4-18-2-3-18/h5-6,8-15,18H,2-3,16-17,34H2,1H3,(H,39,43)(H2,35,37,38). The lowest BCUT2D eigenvalue weighted by Crippen LogP contribution is -2.34. The van der Waals surface area contributed by atoms with Crippen LogP contribution in [0, 0.1) is 29.4 Å². The van der Waals surface area contributed by atoms with Crippen LogP contribution >= 0.6 is 0 Å². The highest BCUT2D eigenvalue weighted by atomic mass is 19.2. The molecule has 44 heavy (non-hydrogen) atoms. The zero-order valence-electron chi connectivity index (χ0n) is 23.6. The Morgan fingerprint density at radius 3 is 2.55 bits per heavy atom. The van der Waals surface area contributed by atoms with Crippen molar-refractivity contribution in [3.8, 4) is 28.8 Å². The van der Waals surface area contributed by atoms with Gasteiger partial charge in [-0.1, -0.05) is 18.1 Å². The molecule has 0 radical (unpaired) electrons. The van der Waals surface area contributed by atoms with E-state index in [-0.39, 0.29) is 24.7 Å². The van der Waals surface area contributed by atoms with E-state index in [0.717, 1.165) is 24.5 Å². The first-order chi connectivity index (χ1) is 21.3. The lowest BCUT2D eigenvalue weighted by molar-refractivity contribution is -0.115. The number of hydrogen-bond acceptors (Lipinski definition) is 9. The first-order valence-corrected chi connectivity index (χ1v) is 13.7. The number of anilines is 4. The van der Waals surface area contributed by atoms with E-state index in [1.807, 2.05) is 12.1 Å². The van der Waals surface area contributed by atoms with E-state index in [4.69, 9.17) is 21.3 Å². The van der Waals surface area contributed by atoms with Crippen molar-refractivity contribution in [1.29, 1.82) is 0 Å². The van der Waals surface area contributed by atoms with Crippen molar-refractivity contribution in [2.45, 2.75) is 19.4 Å². The summed E-state index contributed by atoms with van der Waals surface area (Å²) in [7, 11) is 1.57. The maximum atomic E-state index is 14.6. The van der Waals surface area contributed by atoms with Crippen LogP contribution in [-0.2, 0) is 11.3 Å². The topological polar surface area (TPSA) is 150 Å². The van der Waals surface area contributed by atoms with Gasteiger partial charge >= 0.3 is 0 Å². The van der Waals surface area contributed by atoms with Gasteiger partial charge < -0.3 is 26.4 Å². The molecular weight excluding hydrogens is 568 g/mol. The molecule has 1 fully saturated rings. The molecule has 3 heterocycles. The average Bonchev–Trinajstić information content (AvgIpc) is 3.78. The van der Waals surface area contributed by atoms with Crippen molar-refractivity contribution < 1.29 is 18.3 Å². The number of halogens is 2. The van der Waals surface area contributed by atoms with Gasteiger partial charge in [-0.2, -0.15) is 5.10 Å². The molecule has 13 heteroatoms. The summed E-state index contributed by atoms with van der Waals surface area (Å²) in [5.74, 6) is 4.51. The molecule has 222 valence electrons. The molecule has 1 saturated carbocycles. The largest absolute Gasteiger partial charge is 0.497 e. The smallest absolute Gasteiger partial charge is 0.244 e. The van der Waals surface area contributed by atoms with Crippen LogP contribution in [0.3, 0.4) is 0 Å². The third kappa shape index (κ3) is 6.05. The van der Waals surface area contributed by atoms with Gasteiger partial charge in [0.15, 0.2) is 17.3 Å². The molecule has 0 saturated heterocycles. The van der Waals surface area contributed by atoms with Crippen LogP contribution in [0.1, 0.15) is 24.1 Å². The van der Waals surface area contributed by atoms with Gasteiger partial charge in [0.05, 0.1) is 36.9 Å². The molecule has 0 spiro atoms. The minimum absolute atomic E-state index is 0.107. The molecule has 1 aliphatic carbocycles. The summed E-state index contributed by atoms with van der Waals surface area (Å²) < 4.78 is 35.4. The molecule has 11 nitrogen and oxygen atoms in total. The number of hydrogen-bond donors (Lipinski definition) is 3.